The summed E-state index contributed by atoms with van der Waals surface area (Å²) >= 11 is 2.14. The first-order valence-electron chi connectivity index (χ1n) is 11.5. The molecule has 0 atom stereocenters. The third-order valence-corrected chi connectivity index (χ3v) is 5.20. The van der Waals surface area contributed by atoms with Gasteiger partial charge in [0.1, 0.15) is 0 Å². The number of nitrogens with zero attached hydrogens (tertiary/aromatic N) is 3. The molecule has 0 heterocycles. The Hall–Kier alpha value is -0.706. The van der Waals surface area contributed by atoms with Gasteiger partial charge in [0.25, 0.3) is 0 Å². The number of allylic oxidation sites excluding steroid dienone is 4. The van der Waals surface area contributed by atoms with E-state index in [0.29, 0.717) is 0 Å². The molecule has 0 unspecified atom stereocenters. The molecular weight excluding hydrogens is 402 g/mol. The monoisotopic (exact) mass is 452 g/mol. The van der Waals surface area contributed by atoms with E-state index in [-0.39, 0.29) is 0 Å². The zero-order valence-electron chi connectivity index (χ0n) is 21.0. The van der Waals surface area contributed by atoms with Crippen LogP contribution >= 0.6 is 0 Å². The zero-order valence-corrected chi connectivity index (χ0v) is 22.6. The molecule has 0 fully saturated rings. The van der Waals surface area contributed by atoms with Gasteiger partial charge in [-0.05, 0) is 39.3 Å². The molecule has 3 nitrogen and oxygen atoms in total. The minimum atomic E-state index is 1.02. The fourth-order valence-electron chi connectivity index (χ4n) is 2.44. The van der Waals surface area contributed by atoms with E-state index in [1.165, 1.54) is 10.3 Å². The number of rotatable bonds is 12. The van der Waals surface area contributed by atoms with Gasteiger partial charge in [0.05, 0.1) is 0 Å². The zero-order chi connectivity index (χ0) is 23.6. The Labute approximate surface area is 201 Å². The van der Waals surface area contributed by atoms with Crippen LogP contribution in [-0.2, 0) is 20.4 Å². The quantitative estimate of drug-likeness (QED) is 0.269. The summed E-state index contributed by atoms with van der Waals surface area (Å²) in [5.74, 6) is 0. The minimum absolute atomic E-state index is 1.02. The van der Waals surface area contributed by atoms with Crippen LogP contribution in [0.15, 0.2) is 60.1 Å². The molecule has 1 aliphatic carbocycles. The summed E-state index contributed by atoms with van der Waals surface area (Å²) in [4.78, 5) is 6.94. The molecule has 0 aromatic carbocycles. The Bertz CT molecular complexity index is 389. The Morgan fingerprint density at radius 3 is 1.07 bits per heavy atom. The summed E-state index contributed by atoms with van der Waals surface area (Å²) in [6.45, 7) is 33.8. The topological polar surface area (TPSA) is 9.72 Å². The van der Waals surface area contributed by atoms with Crippen molar-refractivity contribution >= 4 is 0 Å². The Balaban J connectivity index is -0.000000325. The first-order chi connectivity index (χ1) is 14.4. The average molecular weight is 453 g/mol. The van der Waals surface area contributed by atoms with Gasteiger partial charge < -0.3 is 14.7 Å². The fraction of sp³-hybridized carbons (Fsp3) is 0.615. The second-order valence-corrected chi connectivity index (χ2v) is 7.65. The van der Waals surface area contributed by atoms with Crippen molar-refractivity contribution in [1.82, 2.24) is 14.7 Å². The fourth-order valence-corrected chi connectivity index (χ4v) is 2.77. The summed E-state index contributed by atoms with van der Waals surface area (Å²) in [6.07, 6.45) is 13.4. The predicted molar refractivity (Wildman–Crippen MR) is 136 cm³/mol. The summed E-state index contributed by atoms with van der Waals surface area (Å²) in [7, 11) is 0. The third-order valence-electron chi connectivity index (χ3n) is 4.62. The molecule has 0 N–H and O–H groups in total. The van der Waals surface area contributed by atoms with E-state index in [9.17, 15) is 0 Å². The van der Waals surface area contributed by atoms with E-state index >= 15 is 0 Å². The molecule has 0 amide bonds. The second kappa shape index (κ2) is 28.3. The summed E-state index contributed by atoms with van der Waals surface area (Å²) < 4.78 is 1.47. The molecule has 0 saturated carbocycles. The van der Waals surface area contributed by atoms with Crippen LogP contribution in [0.4, 0.5) is 0 Å². The van der Waals surface area contributed by atoms with Crippen molar-refractivity contribution in [2.24, 2.45) is 0 Å². The molecule has 1 rings (SSSR count). The number of hydrogen-bond acceptors (Lipinski definition) is 3. The first-order valence-corrected chi connectivity index (χ1v) is 12.3. The van der Waals surface area contributed by atoms with Gasteiger partial charge in [-0.2, -0.15) is 0 Å². The maximum atomic E-state index is 3.65. The molecule has 1 aliphatic rings. The molecule has 0 aliphatic heterocycles. The molecule has 0 bridgehead atoms. The van der Waals surface area contributed by atoms with Crippen LogP contribution in [0.1, 0.15) is 48.0 Å². The van der Waals surface area contributed by atoms with Crippen molar-refractivity contribution in [2.45, 2.75) is 48.0 Å². The molecule has 0 saturated heterocycles. The Kier molecular flexibility index (Phi) is 32.0. The van der Waals surface area contributed by atoms with Gasteiger partial charge >= 0.3 is 49.0 Å². The van der Waals surface area contributed by atoms with Crippen molar-refractivity contribution in [3.05, 3.63) is 60.1 Å². The molecule has 30 heavy (non-hydrogen) atoms. The van der Waals surface area contributed by atoms with E-state index in [2.05, 4.69) is 115 Å². The first kappa shape index (κ1) is 33.9. The summed E-state index contributed by atoms with van der Waals surface area (Å²) in [5.41, 5.74) is 0. The molecule has 0 aromatic rings. The molecule has 173 valence electrons. The van der Waals surface area contributed by atoms with Crippen LogP contribution in [0, 0.1) is 0 Å². The van der Waals surface area contributed by atoms with E-state index in [1.54, 1.807) is 0 Å². The molecule has 0 aromatic heterocycles. The van der Waals surface area contributed by atoms with Gasteiger partial charge in [0.2, 0.25) is 0 Å². The molecule has 0 radical (unpaired) electrons. The van der Waals surface area contributed by atoms with Crippen LogP contribution in [0.25, 0.3) is 0 Å². The van der Waals surface area contributed by atoms with E-state index < -0.39 is 0 Å². The average Bonchev–Trinajstić information content (AvgIpc) is 3.26. The van der Waals surface area contributed by atoms with E-state index in [1.807, 2.05) is 18.2 Å². The van der Waals surface area contributed by atoms with Crippen LogP contribution in [0.5, 0.6) is 0 Å². The number of hydrogen-bond donors (Lipinski definition) is 0. The van der Waals surface area contributed by atoms with E-state index in [0.717, 1.165) is 58.9 Å². The van der Waals surface area contributed by atoms with Crippen molar-refractivity contribution in [2.75, 3.05) is 58.9 Å². The van der Waals surface area contributed by atoms with Crippen LogP contribution in [0.3, 0.4) is 0 Å². The van der Waals surface area contributed by atoms with Gasteiger partial charge in [0.15, 0.2) is 0 Å². The summed E-state index contributed by atoms with van der Waals surface area (Å²) in [6, 6.07) is 0. The third kappa shape index (κ3) is 25.3. The number of likely N-dealkylation sites (N-methyl/N-ethyl adjacent to an activating group) is 3. The van der Waals surface area contributed by atoms with Crippen LogP contribution < -0.4 is 0 Å². The molecule has 4 heteroatoms. The molecule has 0 spiro atoms. The van der Waals surface area contributed by atoms with E-state index in [4.69, 9.17) is 0 Å². The SMILES string of the molecule is C=CCN(CC)CC.C=CCN(CC)CC.C=CCN(CC)CC.[Ti][C]1=CC=CC1. The normalized spacial score (nSPS) is 11.5. The maximum absolute atomic E-state index is 3.65. The van der Waals surface area contributed by atoms with Gasteiger partial charge in [-0.1, -0.05) is 59.8 Å². The summed E-state index contributed by atoms with van der Waals surface area (Å²) in [5, 5.41) is 0. The van der Waals surface area contributed by atoms with Gasteiger partial charge in [0, 0.05) is 19.6 Å². The van der Waals surface area contributed by atoms with Gasteiger partial charge in [-0.15, -0.1) is 19.7 Å². The van der Waals surface area contributed by atoms with Crippen molar-refractivity contribution < 1.29 is 20.4 Å². The van der Waals surface area contributed by atoms with Crippen molar-refractivity contribution in [1.29, 1.82) is 0 Å². The van der Waals surface area contributed by atoms with Gasteiger partial charge in [-0.3, -0.25) is 0 Å². The van der Waals surface area contributed by atoms with Crippen molar-refractivity contribution in [3.63, 3.8) is 0 Å². The van der Waals surface area contributed by atoms with Crippen LogP contribution in [-0.4, -0.2) is 73.6 Å². The second-order valence-electron chi connectivity index (χ2n) is 6.65. The van der Waals surface area contributed by atoms with Crippen LogP contribution in [0.2, 0.25) is 0 Å². The van der Waals surface area contributed by atoms with Gasteiger partial charge in [-0.25, -0.2) is 0 Å². The standard InChI is InChI=1S/3C7H15N.C5H5.Ti/c3*1-4-7-8(5-2)6-3;1-2-4-5-3-1;/h3*4H,1,5-7H2,2-3H3;1-3H,4H2;. The Morgan fingerprint density at radius 2 is 1.00 bits per heavy atom. The predicted octanol–water partition coefficient (Wildman–Crippen LogP) is 5.92. The Morgan fingerprint density at radius 1 is 0.700 bits per heavy atom. The molecular formula is C26H50N3Ti. The van der Waals surface area contributed by atoms with Crippen molar-refractivity contribution in [3.8, 4) is 0 Å².